The third kappa shape index (κ3) is 4.85. The lowest BCUT2D eigenvalue weighted by molar-refractivity contribution is 0.0877. The molecule has 0 amide bonds. The molecule has 1 aromatic carbocycles. The van der Waals surface area contributed by atoms with E-state index in [0.717, 1.165) is 0 Å². The highest BCUT2D eigenvalue weighted by Gasteiger charge is 2.12. The van der Waals surface area contributed by atoms with Crippen LogP contribution in [0.1, 0.15) is 44.0 Å². The average molecular weight is 280 g/mol. The van der Waals surface area contributed by atoms with Crippen molar-refractivity contribution < 1.29 is 19.0 Å². The molecular formula is C16H24O4. The molecule has 1 rings (SSSR count). The Morgan fingerprint density at radius 2 is 1.80 bits per heavy atom. The SMILES string of the molecule is CCOc1ccc(C(=O)CCC(C)OC)cc1OCC. The summed E-state index contributed by atoms with van der Waals surface area (Å²) in [6.07, 6.45) is 1.27. The molecule has 0 saturated heterocycles. The predicted molar refractivity (Wildman–Crippen MR) is 78.8 cm³/mol. The zero-order chi connectivity index (χ0) is 15.0. The van der Waals surface area contributed by atoms with Gasteiger partial charge in [0.2, 0.25) is 0 Å². The molecule has 0 N–H and O–H groups in total. The molecular weight excluding hydrogens is 256 g/mol. The molecule has 1 unspecified atom stereocenters. The van der Waals surface area contributed by atoms with Crippen molar-refractivity contribution in [2.45, 2.75) is 39.7 Å². The Balaban J connectivity index is 2.79. The van der Waals surface area contributed by atoms with Crippen molar-refractivity contribution in [1.29, 1.82) is 0 Å². The third-order valence-electron chi connectivity index (χ3n) is 3.05. The van der Waals surface area contributed by atoms with Gasteiger partial charge in [0.15, 0.2) is 17.3 Å². The molecule has 1 aromatic rings. The Bertz CT molecular complexity index is 428. The lowest BCUT2D eigenvalue weighted by atomic mass is 10.0. The molecule has 0 aliphatic rings. The number of methoxy groups -OCH3 is 1. The summed E-state index contributed by atoms with van der Waals surface area (Å²) in [5, 5.41) is 0. The van der Waals surface area contributed by atoms with Gasteiger partial charge in [0.05, 0.1) is 19.3 Å². The molecule has 0 radical (unpaired) electrons. The molecule has 0 saturated carbocycles. The second-order valence-corrected chi connectivity index (χ2v) is 4.54. The minimum atomic E-state index is 0.0908. The Morgan fingerprint density at radius 3 is 2.40 bits per heavy atom. The highest BCUT2D eigenvalue weighted by Crippen LogP contribution is 2.29. The number of hydrogen-bond donors (Lipinski definition) is 0. The monoisotopic (exact) mass is 280 g/mol. The molecule has 20 heavy (non-hydrogen) atoms. The van der Waals surface area contributed by atoms with Crippen LogP contribution in [0.15, 0.2) is 18.2 Å². The maximum absolute atomic E-state index is 12.1. The maximum Gasteiger partial charge on any atom is 0.163 e. The van der Waals surface area contributed by atoms with Crippen LogP contribution in [-0.2, 0) is 4.74 Å². The van der Waals surface area contributed by atoms with Gasteiger partial charge >= 0.3 is 0 Å². The van der Waals surface area contributed by atoms with E-state index in [0.29, 0.717) is 43.1 Å². The first-order valence-electron chi connectivity index (χ1n) is 7.08. The van der Waals surface area contributed by atoms with Crippen molar-refractivity contribution in [2.24, 2.45) is 0 Å². The van der Waals surface area contributed by atoms with Crippen molar-refractivity contribution in [3.8, 4) is 11.5 Å². The van der Waals surface area contributed by atoms with Crippen LogP contribution in [0.4, 0.5) is 0 Å². The molecule has 4 nitrogen and oxygen atoms in total. The fraction of sp³-hybridized carbons (Fsp3) is 0.562. The van der Waals surface area contributed by atoms with Gasteiger partial charge < -0.3 is 14.2 Å². The van der Waals surface area contributed by atoms with Crippen LogP contribution in [0, 0.1) is 0 Å². The number of rotatable bonds is 9. The third-order valence-corrected chi connectivity index (χ3v) is 3.05. The van der Waals surface area contributed by atoms with E-state index in [1.54, 1.807) is 25.3 Å². The number of ether oxygens (including phenoxy) is 3. The van der Waals surface area contributed by atoms with E-state index in [4.69, 9.17) is 14.2 Å². The number of benzene rings is 1. The molecule has 1 atom stereocenters. The summed E-state index contributed by atoms with van der Waals surface area (Å²) in [7, 11) is 1.65. The summed E-state index contributed by atoms with van der Waals surface area (Å²) in [5.41, 5.74) is 0.653. The minimum absolute atomic E-state index is 0.0908. The van der Waals surface area contributed by atoms with E-state index < -0.39 is 0 Å². The molecule has 112 valence electrons. The fourth-order valence-electron chi connectivity index (χ4n) is 1.82. The van der Waals surface area contributed by atoms with Crippen LogP contribution in [0.25, 0.3) is 0 Å². The zero-order valence-corrected chi connectivity index (χ0v) is 12.8. The normalized spacial score (nSPS) is 12.0. The van der Waals surface area contributed by atoms with Crippen molar-refractivity contribution in [3.05, 3.63) is 23.8 Å². The number of carbonyl (C=O) groups excluding carboxylic acids is 1. The van der Waals surface area contributed by atoms with E-state index in [-0.39, 0.29) is 11.9 Å². The Hall–Kier alpha value is -1.55. The van der Waals surface area contributed by atoms with E-state index in [1.807, 2.05) is 20.8 Å². The standard InChI is InChI=1S/C16H24O4/c1-5-19-15-10-8-13(11-16(15)20-6-2)14(17)9-7-12(3)18-4/h8,10-12H,5-7,9H2,1-4H3. The van der Waals surface area contributed by atoms with Crippen LogP contribution in [0.2, 0.25) is 0 Å². The summed E-state index contributed by atoms with van der Waals surface area (Å²) < 4.78 is 16.2. The lowest BCUT2D eigenvalue weighted by Gasteiger charge is -2.12. The van der Waals surface area contributed by atoms with Crippen LogP contribution in [-0.4, -0.2) is 32.2 Å². The molecule has 4 heteroatoms. The van der Waals surface area contributed by atoms with E-state index >= 15 is 0 Å². The average Bonchev–Trinajstić information content (AvgIpc) is 2.46. The van der Waals surface area contributed by atoms with E-state index in [9.17, 15) is 4.79 Å². The molecule has 0 heterocycles. The van der Waals surface area contributed by atoms with Gasteiger partial charge in [-0.05, 0) is 45.4 Å². The molecule has 0 bridgehead atoms. The number of hydrogen-bond acceptors (Lipinski definition) is 4. The lowest BCUT2D eigenvalue weighted by Crippen LogP contribution is -2.09. The molecule has 0 fully saturated rings. The molecule has 0 spiro atoms. The van der Waals surface area contributed by atoms with Gasteiger partial charge in [0.25, 0.3) is 0 Å². The Morgan fingerprint density at radius 1 is 1.15 bits per heavy atom. The largest absolute Gasteiger partial charge is 0.490 e. The highest BCUT2D eigenvalue weighted by molar-refractivity contribution is 5.96. The summed E-state index contributed by atoms with van der Waals surface area (Å²) in [6, 6.07) is 5.34. The number of Topliss-reactive ketones (excluding diaryl/α,β-unsaturated/α-hetero) is 1. The fourth-order valence-corrected chi connectivity index (χ4v) is 1.82. The van der Waals surface area contributed by atoms with Crippen molar-refractivity contribution in [2.75, 3.05) is 20.3 Å². The first-order valence-corrected chi connectivity index (χ1v) is 7.08. The Labute approximate surface area is 121 Å². The highest BCUT2D eigenvalue weighted by atomic mass is 16.5. The van der Waals surface area contributed by atoms with Crippen LogP contribution in [0.3, 0.4) is 0 Å². The van der Waals surface area contributed by atoms with E-state index in [1.165, 1.54) is 0 Å². The topological polar surface area (TPSA) is 44.8 Å². The van der Waals surface area contributed by atoms with Gasteiger partial charge in [-0.15, -0.1) is 0 Å². The maximum atomic E-state index is 12.1. The van der Waals surface area contributed by atoms with Crippen molar-refractivity contribution in [3.63, 3.8) is 0 Å². The van der Waals surface area contributed by atoms with Gasteiger partial charge in [-0.3, -0.25) is 4.79 Å². The van der Waals surface area contributed by atoms with Crippen molar-refractivity contribution in [1.82, 2.24) is 0 Å². The first kappa shape index (κ1) is 16.5. The first-order chi connectivity index (χ1) is 9.62. The Kier molecular flexibility index (Phi) is 7.09. The predicted octanol–water partition coefficient (Wildman–Crippen LogP) is 3.48. The molecule has 0 aromatic heterocycles. The molecule has 0 aliphatic carbocycles. The summed E-state index contributed by atoms with van der Waals surface area (Å²) in [5.74, 6) is 1.40. The minimum Gasteiger partial charge on any atom is -0.490 e. The second kappa shape index (κ2) is 8.59. The van der Waals surface area contributed by atoms with Crippen LogP contribution < -0.4 is 9.47 Å². The van der Waals surface area contributed by atoms with Gasteiger partial charge in [-0.2, -0.15) is 0 Å². The summed E-state index contributed by atoms with van der Waals surface area (Å²) in [6.45, 7) is 6.89. The zero-order valence-electron chi connectivity index (χ0n) is 12.8. The van der Waals surface area contributed by atoms with Crippen molar-refractivity contribution >= 4 is 5.78 Å². The number of ketones is 1. The molecule has 0 aliphatic heterocycles. The second-order valence-electron chi connectivity index (χ2n) is 4.54. The summed E-state index contributed by atoms with van der Waals surface area (Å²) >= 11 is 0. The number of carbonyl (C=O) groups is 1. The van der Waals surface area contributed by atoms with Crippen LogP contribution in [0.5, 0.6) is 11.5 Å². The summed E-state index contributed by atoms with van der Waals surface area (Å²) in [4.78, 5) is 12.1. The van der Waals surface area contributed by atoms with Gasteiger partial charge in [-0.25, -0.2) is 0 Å². The van der Waals surface area contributed by atoms with Gasteiger partial charge in [0, 0.05) is 19.1 Å². The quantitative estimate of drug-likeness (QED) is 0.650. The smallest absolute Gasteiger partial charge is 0.163 e. The van der Waals surface area contributed by atoms with E-state index in [2.05, 4.69) is 0 Å². The van der Waals surface area contributed by atoms with Gasteiger partial charge in [-0.1, -0.05) is 0 Å². The van der Waals surface area contributed by atoms with Gasteiger partial charge in [0.1, 0.15) is 0 Å². The van der Waals surface area contributed by atoms with Crippen LogP contribution >= 0.6 is 0 Å².